The van der Waals surface area contributed by atoms with Crippen LogP contribution in [0.1, 0.15) is 34.9 Å². The molecule has 2 aromatic rings. The highest BCUT2D eigenvalue weighted by Crippen LogP contribution is 2.20. The van der Waals surface area contributed by atoms with Crippen LogP contribution in [0.4, 0.5) is 5.69 Å². The minimum atomic E-state index is -0.448. The summed E-state index contributed by atoms with van der Waals surface area (Å²) in [5.41, 5.74) is 7.89. The van der Waals surface area contributed by atoms with Crippen molar-refractivity contribution >= 4 is 11.6 Å². The van der Waals surface area contributed by atoms with Crippen molar-refractivity contribution in [3.63, 3.8) is 0 Å². The summed E-state index contributed by atoms with van der Waals surface area (Å²) in [6.07, 6.45) is 1.60. The number of rotatable bonds is 6. The molecule has 26 heavy (non-hydrogen) atoms. The quantitative estimate of drug-likeness (QED) is 0.697. The van der Waals surface area contributed by atoms with E-state index in [4.69, 9.17) is 5.73 Å². The first-order valence-electron chi connectivity index (χ1n) is 9.21. The maximum atomic E-state index is 12.2. The van der Waals surface area contributed by atoms with Gasteiger partial charge in [-0.15, -0.1) is 0 Å². The third-order valence-electron chi connectivity index (χ3n) is 5.02. The van der Waals surface area contributed by atoms with Gasteiger partial charge in [0, 0.05) is 24.3 Å². The third-order valence-corrected chi connectivity index (χ3v) is 5.02. The highest BCUT2D eigenvalue weighted by atomic mass is 16.3. The minimum Gasteiger partial charge on any atom is -0.399 e. The third kappa shape index (κ3) is 5.07. The molecule has 0 spiro atoms. The van der Waals surface area contributed by atoms with Crippen molar-refractivity contribution in [2.24, 2.45) is 5.92 Å². The molecule has 138 valence electrons. The van der Waals surface area contributed by atoms with Gasteiger partial charge >= 0.3 is 0 Å². The van der Waals surface area contributed by atoms with Crippen molar-refractivity contribution in [2.45, 2.75) is 18.9 Å². The molecular formula is C21H27N3O2. The van der Waals surface area contributed by atoms with Gasteiger partial charge in [0.25, 0.3) is 5.91 Å². The Balaban J connectivity index is 1.40. The zero-order valence-electron chi connectivity index (χ0n) is 15.0. The number of hydrogen-bond acceptors (Lipinski definition) is 4. The lowest BCUT2D eigenvalue weighted by atomic mass is 9.96. The van der Waals surface area contributed by atoms with Gasteiger partial charge in [0.1, 0.15) is 0 Å². The average Bonchev–Trinajstić information content (AvgIpc) is 2.68. The molecule has 1 aliphatic rings. The standard InChI is InChI=1S/C21H27N3O2/c22-19-8-4-7-18(13-19)21(26)23-14-16-9-11-24(12-10-16)15-20(25)17-5-2-1-3-6-17/h1-8,13,16,20,25H,9-12,14-15,22H2,(H,23,26). The average molecular weight is 353 g/mol. The van der Waals surface area contributed by atoms with Crippen LogP contribution in [0.25, 0.3) is 0 Å². The van der Waals surface area contributed by atoms with Crippen molar-refractivity contribution in [1.29, 1.82) is 0 Å². The summed E-state index contributed by atoms with van der Waals surface area (Å²) in [6.45, 7) is 3.24. The molecule has 3 rings (SSSR count). The fourth-order valence-corrected chi connectivity index (χ4v) is 3.42. The van der Waals surface area contributed by atoms with Gasteiger partial charge in [0.2, 0.25) is 0 Å². The molecule has 0 radical (unpaired) electrons. The Bertz CT molecular complexity index is 712. The summed E-state index contributed by atoms with van der Waals surface area (Å²) >= 11 is 0. The van der Waals surface area contributed by atoms with Crippen LogP contribution in [0.5, 0.6) is 0 Å². The summed E-state index contributed by atoms with van der Waals surface area (Å²) in [6, 6.07) is 16.8. The lowest BCUT2D eigenvalue weighted by Gasteiger charge is -2.33. The van der Waals surface area contributed by atoms with E-state index in [0.29, 0.717) is 30.3 Å². The predicted octanol–water partition coefficient (Wildman–Crippen LogP) is 2.44. The second-order valence-electron chi connectivity index (χ2n) is 7.01. The van der Waals surface area contributed by atoms with Crippen LogP contribution in [-0.4, -0.2) is 42.1 Å². The normalized spacial score (nSPS) is 17.0. The Morgan fingerprint density at radius 1 is 1.15 bits per heavy atom. The Morgan fingerprint density at radius 2 is 1.88 bits per heavy atom. The number of hydrogen-bond donors (Lipinski definition) is 3. The van der Waals surface area contributed by atoms with Gasteiger partial charge in [-0.25, -0.2) is 0 Å². The minimum absolute atomic E-state index is 0.0702. The zero-order chi connectivity index (χ0) is 18.4. The molecule has 1 unspecified atom stereocenters. The summed E-state index contributed by atoms with van der Waals surface area (Å²) in [7, 11) is 0. The van der Waals surface area contributed by atoms with Crippen LogP contribution in [-0.2, 0) is 0 Å². The van der Waals surface area contributed by atoms with Crippen molar-refractivity contribution in [2.75, 3.05) is 31.9 Å². The molecule has 5 nitrogen and oxygen atoms in total. The first-order chi connectivity index (χ1) is 12.6. The van der Waals surface area contributed by atoms with Gasteiger partial charge in [-0.3, -0.25) is 4.79 Å². The summed E-state index contributed by atoms with van der Waals surface area (Å²) < 4.78 is 0. The molecule has 1 atom stereocenters. The smallest absolute Gasteiger partial charge is 0.251 e. The number of nitrogens with zero attached hydrogens (tertiary/aromatic N) is 1. The number of aliphatic hydroxyl groups excluding tert-OH is 1. The molecule has 4 N–H and O–H groups in total. The van der Waals surface area contributed by atoms with E-state index in [9.17, 15) is 9.90 Å². The van der Waals surface area contributed by atoms with E-state index in [1.165, 1.54) is 0 Å². The van der Waals surface area contributed by atoms with Gasteiger partial charge in [0.05, 0.1) is 6.10 Å². The topological polar surface area (TPSA) is 78.6 Å². The SMILES string of the molecule is Nc1cccc(C(=O)NCC2CCN(CC(O)c3ccccc3)CC2)c1. The monoisotopic (exact) mass is 353 g/mol. The maximum absolute atomic E-state index is 12.2. The first kappa shape index (κ1) is 18.4. The lowest BCUT2D eigenvalue weighted by molar-refractivity contribution is 0.0852. The van der Waals surface area contributed by atoms with E-state index in [-0.39, 0.29) is 5.91 Å². The molecule has 1 heterocycles. The second kappa shape index (κ2) is 8.83. The fourth-order valence-electron chi connectivity index (χ4n) is 3.42. The van der Waals surface area contributed by atoms with E-state index in [0.717, 1.165) is 31.5 Å². The molecule has 1 amide bonds. The molecule has 0 saturated carbocycles. The van der Waals surface area contributed by atoms with Gasteiger partial charge in [-0.1, -0.05) is 36.4 Å². The van der Waals surface area contributed by atoms with E-state index < -0.39 is 6.10 Å². The largest absolute Gasteiger partial charge is 0.399 e. The number of aliphatic hydroxyl groups is 1. The number of likely N-dealkylation sites (tertiary alicyclic amines) is 1. The number of carbonyl (C=O) groups is 1. The number of benzene rings is 2. The van der Waals surface area contributed by atoms with Crippen molar-refractivity contribution in [1.82, 2.24) is 10.2 Å². The Morgan fingerprint density at radius 3 is 2.58 bits per heavy atom. The zero-order valence-corrected chi connectivity index (χ0v) is 15.0. The van der Waals surface area contributed by atoms with Gasteiger partial charge < -0.3 is 21.1 Å². The second-order valence-corrected chi connectivity index (χ2v) is 7.01. The number of piperidine rings is 1. The molecule has 1 fully saturated rings. The molecule has 2 aromatic carbocycles. The highest BCUT2D eigenvalue weighted by molar-refractivity contribution is 5.94. The number of nitrogens with two attached hydrogens (primary N) is 1. The van der Waals surface area contributed by atoms with Crippen molar-refractivity contribution in [3.05, 3.63) is 65.7 Å². The van der Waals surface area contributed by atoms with E-state index in [1.807, 2.05) is 30.3 Å². The molecule has 0 bridgehead atoms. The van der Waals surface area contributed by atoms with Crippen LogP contribution in [0.3, 0.4) is 0 Å². The number of carbonyl (C=O) groups excluding carboxylic acids is 1. The lowest BCUT2D eigenvalue weighted by Crippen LogP contribution is -2.40. The molecule has 5 heteroatoms. The molecule has 0 aliphatic carbocycles. The van der Waals surface area contributed by atoms with E-state index >= 15 is 0 Å². The Labute approximate surface area is 154 Å². The number of amides is 1. The summed E-state index contributed by atoms with van der Waals surface area (Å²) in [5.74, 6) is 0.407. The number of nitrogen functional groups attached to an aromatic ring is 1. The maximum Gasteiger partial charge on any atom is 0.251 e. The van der Waals surface area contributed by atoms with E-state index in [1.54, 1.807) is 24.3 Å². The summed E-state index contributed by atoms with van der Waals surface area (Å²) in [4.78, 5) is 14.5. The van der Waals surface area contributed by atoms with Gasteiger partial charge in [-0.05, 0) is 55.6 Å². The number of anilines is 1. The molecule has 1 saturated heterocycles. The van der Waals surface area contributed by atoms with Gasteiger partial charge in [-0.2, -0.15) is 0 Å². The van der Waals surface area contributed by atoms with Crippen LogP contribution < -0.4 is 11.1 Å². The van der Waals surface area contributed by atoms with Crippen LogP contribution in [0, 0.1) is 5.92 Å². The number of β-amino-alcohol motifs (C(OH)–C–C–N with tert-alkyl or cyclic N) is 1. The van der Waals surface area contributed by atoms with Crippen molar-refractivity contribution < 1.29 is 9.90 Å². The van der Waals surface area contributed by atoms with Crippen LogP contribution in [0.15, 0.2) is 54.6 Å². The molecule has 0 aromatic heterocycles. The predicted molar refractivity (Wildman–Crippen MR) is 104 cm³/mol. The highest BCUT2D eigenvalue weighted by Gasteiger charge is 2.22. The van der Waals surface area contributed by atoms with Crippen molar-refractivity contribution in [3.8, 4) is 0 Å². The number of nitrogens with one attached hydrogen (secondary N) is 1. The van der Waals surface area contributed by atoms with Crippen LogP contribution >= 0.6 is 0 Å². The van der Waals surface area contributed by atoms with E-state index in [2.05, 4.69) is 10.2 Å². The van der Waals surface area contributed by atoms with Gasteiger partial charge in [0.15, 0.2) is 0 Å². The molecule has 1 aliphatic heterocycles. The Hall–Kier alpha value is -2.37. The van der Waals surface area contributed by atoms with Crippen LogP contribution in [0.2, 0.25) is 0 Å². The fraction of sp³-hybridized carbons (Fsp3) is 0.381. The summed E-state index contributed by atoms with van der Waals surface area (Å²) in [5, 5.41) is 13.4. The first-order valence-corrected chi connectivity index (χ1v) is 9.21. The Kier molecular flexibility index (Phi) is 6.26. The molecular weight excluding hydrogens is 326 g/mol.